The molecule has 0 aliphatic carbocycles. The van der Waals surface area contributed by atoms with Gasteiger partial charge < -0.3 is 30.1 Å². The van der Waals surface area contributed by atoms with Crippen molar-refractivity contribution in [3.8, 4) is 27.7 Å². The number of hydrogen-bond donors (Lipinski definition) is 3. The summed E-state index contributed by atoms with van der Waals surface area (Å²) in [7, 11) is -0.775. The number of carbonyl (C=O) groups is 4. The SMILES string of the molecule is CCCOc1cccc(Oc2cc3c(cc2CS(=O)(=O)c2cccc(C(=O)CCCCCCC(=O)N[C@H](C(=O)N4C[C@H](O)C[C@H]4C(=O)NCc4ccc(-c5scnc5C)cc4)C(C)(C)C)c2)n(C)c(=O)n3C)c1. The number of ketones is 1. The van der Waals surface area contributed by atoms with E-state index in [9.17, 15) is 37.5 Å². The van der Waals surface area contributed by atoms with E-state index in [1.165, 1.54) is 26.2 Å². The van der Waals surface area contributed by atoms with Gasteiger partial charge in [-0.25, -0.2) is 18.2 Å². The van der Waals surface area contributed by atoms with Crippen molar-refractivity contribution < 1.29 is 42.2 Å². The van der Waals surface area contributed by atoms with E-state index in [0.29, 0.717) is 60.4 Å². The van der Waals surface area contributed by atoms with Gasteiger partial charge in [0.2, 0.25) is 17.7 Å². The van der Waals surface area contributed by atoms with Crippen molar-refractivity contribution in [3.05, 3.63) is 123 Å². The number of ether oxygens (including phenoxy) is 2. The molecule has 388 valence electrons. The maximum Gasteiger partial charge on any atom is 0.328 e. The highest BCUT2D eigenvalue weighted by atomic mass is 32.2. The van der Waals surface area contributed by atoms with Gasteiger partial charge in [-0.15, -0.1) is 11.3 Å². The van der Waals surface area contributed by atoms with Gasteiger partial charge in [0, 0.05) is 69.7 Å². The van der Waals surface area contributed by atoms with E-state index in [1.807, 2.05) is 58.9 Å². The minimum atomic E-state index is -4.03. The minimum Gasteiger partial charge on any atom is -0.493 e. The molecule has 1 aliphatic heterocycles. The summed E-state index contributed by atoms with van der Waals surface area (Å²) >= 11 is 1.56. The second-order valence-electron chi connectivity index (χ2n) is 19.8. The molecule has 3 heterocycles. The Hall–Kier alpha value is -6.63. The number of carbonyl (C=O) groups excluding carboxylic acids is 4. The number of fused-ring (bicyclic) bond motifs is 1. The van der Waals surface area contributed by atoms with Gasteiger partial charge in [-0.2, -0.15) is 0 Å². The predicted octanol–water partition coefficient (Wildman–Crippen LogP) is 8.20. The van der Waals surface area contributed by atoms with Gasteiger partial charge in [-0.3, -0.25) is 28.3 Å². The van der Waals surface area contributed by atoms with Crippen molar-refractivity contribution in [2.75, 3.05) is 13.2 Å². The lowest BCUT2D eigenvalue weighted by Crippen LogP contribution is -2.57. The van der Waals surface area contributed by atoms with Crippen LogP contribution in [0.25, 0.3) is 21.5 Å². The molecule has 3 N–H and O–H groups in total. The van der Waals surface area contributed by atoms with E-state index in [-0.39, 0.29) is 71.8 Å². The molecule has 16 nitrogen and oxygen atoms in total. The number of likely N-dealkylation sites (tertiary alicyclic amines) is 1. The van der Waals surface area contributed by atoms with E-state index >= 15 is 0 Å². The van der Waals surface area contributed by atoms with E-state index in [4.69, 9.17) is 9.47 Å². The Labute approximate surface area is 430 Å². The molecular weight excluding hydrogens is 969 g/mol. The van der Waals surface area contributed by atoms with Crippen molar-refractivity contribution in [2.45, 2.75) is 121 Å². The van der Waals surface area contributed by atoms with Crippen LogP contribution in [0.3, 0.4) is 0 Å². The monoisotopic (exact) mass is 1030 g/mol. The zero-order valence-corrected chi connectivity index (χ0v) is 44.2. The molecule has 0 unspecified atom stereocenters. The van der Waals surface area contributed by atoms with Gasteiger partial charge in [0.1, 0.15) is 29.3 Å². The summed E-state index contributed by atoms with van der Waals surface area (Å²) in [4.78, 5) is 74.0. The molecular formula is C55H66N6O10S2. The number of nitrogens with one attached hydrogen (secondary N) is 2. The molecule has 18 heteroatoms. The molecule has 6 aromatic rings. The fraction of sp³-hybridized carbons (Fsp3) is 0.418. The van der Waals surface area contributed by atoms with E-state index in [2.05, 4.69) is 15.6 Å². The number of rotatable bonds is 22. The zero-order valence-electron chi connectivity index (χ0n) is 42.6. The first-order chi connectivity index (χ1) is 34.7. The summed E-state index contributed by atoms with van der Waals surface area (Å²) in [5.41, 5.74) is 5.38. The Kier molecular flexibility index (Phi) is 17.4. The number of unbranched alkanes of at least 4 members (excludes halogenated alkanes) is 3. The van der Waals surface area contributed by atoms with Gasteiger partial charge in [0.05, 0.1) is 50.5 Å². The van der Waals surface area contributed by atoms with Crippen LogP contribution >= 0.6 is 11.3 Å². The van der Waals surface area contributed by atoms with E-state index in [0.717, 1.165) is 28.1 Å². The summed E-state index contributed by atoms with van der Waals surface area (Å²) in [5.74, 6) is -0.536. The number of β-amino-alcohol motifs (C(OH)–C–C–N with tert-alkyl or cyclic N) is 1. The van der Waals surface area contributed by atoms with Crippen LogP contribution in [0.15, 0.2) is 100 Å². The van der Waals surface area contributed by atoms with Crippen molar-refractivity contribution in [3.63, 3.8) is 0 Å². The van der Waals surface area contributed by atoms with Crippen LogP contribution in [0.2, 0.25) is 0 Å². The first kappa shape index (κ1) is 54.2. The maximum absolute atomic E-state index is 14.1. The lowest BCUT2D eigenvalue weighted by Gasteiger charge is -2.35. The number of imidazole rings is 1. The van der Waals surface area contributed by atoms with Gasteiger partial charge in [-0.1, -0.05) is 83.0 Å². The lowest BCUT2D eigenvalue weighted by molar-refractivity contribution is -0.144. The molecule has 2 aromatic heterocycles. The third kappa shape index (κ3) is 13.3. The fourth-order valence-corrected chi connectivity index (χ4v) is 11.2. The topological polar surface area (TPSA) is 208 Å². The van der Waals surface area contributed by atoms with Crippen LogP contribution in [-0.4, -0.2) is 87.4 Å². The van der Waals surface area contributed by atoms with Gasteiger partial charge >= 0.3 is 5.69 Å². The number of sulfone groups is 1. The minimum absolute atomic E-state index is 0.0284. The van der Waals surface area contributed by atoms with Crippen LogP contribution in [0, 0.1) is 12.3 Å². The Morgan fingerprint density at radius 3 is 2.26 bits per heavy atom. The van der Waals surface area contributed by atoms with Crippen LogP contribution in [0.4, 0.5) is 0 Å². The highest BCUT2D eigenvalue weighted by molar-refractivity contribution is 7.90. The van der Waals surface area contributed by atoms with Crippen molar-refractivity contribution in [1.82, 2.24) is 29.7 Å². The largest absolute Gasteiger partial charge is 0.493 e. The second-order valence-corrected chi connectivity index (χ2v) is 22.7. The number of aryl methyl sites for hydroxylation is 3. The van der Waals surface area contributed by atoms with Gasteiger partial charge in [-0.05, 0) is 73.1 Å². The Morgan fingerprint density at radius 2 is 1.58 bits per heavy atom. The molecule has 1 aliphatic rings. The first-order valence-electron chi connectivity index (χ1n) is 24.7. The van der Waals surface area contributed by atoms with Crippen molar-refractivity contribution in [2.24, 2.45) is 19.5 Å². The highest BCUT2D eigenvalue weighted by Crippen LogP contribution is 2.34. The third-order valence-electron chi connectivity index (χ3n) is 13.1. The van der Waals surface area contributed by atoms with Crippen LogP contribution in [-0.2, 0) is 50.6 Å². The number of aromatic nitrogens is 3. The number of thiazole rings is 1. The standard InChI is InChI=1S/C55H66N6O10S2/c1-8-25-70-41-16-14-17-42(29-41)71-48-30-45-44(59(6)54(67)60(45)7)27-39(48)33-73(68,69)43-18-13-15-38(26-43)47(63)19-11-9-10-12-20-49(64)58-51(55(3,4)5)53(66)61-32-40(62)28-46(61)52(65)56-31-36-21-23-37(24-22-36)50-35(2)57-34-72-50/h13-18,21-24,26-27,29-30,34,40,46,51,62H,8-12,19-20,25,28,31-33H2,1-7H3,(H,56,65)(H,58,64)/t40-,46+,51-/m1/s1. The second kappa shape index (κ2) is 23.5. The smallest absolute Gasteiger partial charge is 0.328 e. The van der Waals surface area contributed by atoms with Crippen molar-refractivity contribution in [1.29, 1.82) is 0 Å². The number of amides is 3. The van der Waals surface area contributed by atoms with Gasteiger partial charge in [0.15, 0.2) is 15.6 Å². The average Bonchev–Trinajstić information content (AvgIpc) is 4.04. The molecule has 0 saturated carbocycles. The molecule has 73 heavy (non-hydrogen) atoms. The number of nitrogens with zero attached hydrogens (tertiary/aromatic N) is 4. The first-order valence-corrected chi connectivity index (χ1v) is 27.3. The van der Waals surface area contributed by atoms with E-state index in [1.54, 1.807) is 79.5 Å². The molecule has 3 atom stereocenters. The molecule has 4 aromatic carbocycles. The van der Waals surface area contributed by atoms with E-state index < -0.39 is 45.1 Å². The molecule has 1 fully saturated rings. The zero-order chi connectivity index (χ0) is 52.6. The lowest BCUT2D eigenvalue weighted by atomic mass is 9.85. The normalized spacial score (nSPS) is 15.3. The molecule has 1 saturated heterocycles. The number of Topliss-reactive ketones (excluding diaryl/α,β-unsaturated/α-hetero) is 1. The summed E-state index contributed by atoms with van der Waals surface area (Å²) in [6, 6.07) is 22.3. The predicted molar refractivity (Wildman–Crippen MR) is 281 cm³/mol. The third-order valence-corrected chi connectivity index (χ3v) is 15.7. The number of aliphatic hydroxyl groups excluding tert-OH is 1. The number of aliphatic hydroxyl groups is 1. The fourth-order valence-electron chi connectivity index (χ4n) is 8.99. The Balaban J connectivity index is 0.901. The highest BCUT2D eigenvalue weighted by Gasteiger charge is 2.44. The molecule has 3 amide bonds. The summed E-state index contributed by atoms with van der Waals surface area (Å²) in [5, 5.41) is 16.5. The van der Waals surface area contributed by atoms with Crippen molar-refractivity contribution >= 4 is 55.7 Å². The molecule has 0 bridgehead atoms. The van der Waals surface area contributed by atoms with Crippen LogP contribution < -0.4 is 25.8 Å². The van der Waals surface area contributed by atoms with Crippen LogP contribution in [0.1, 0.15) is 106 Å². The Bertz CT molecular complexity index is 3140. The average molecular weight is 1040 g/mol. The Morgan fingerprint density at radius 1 is 0.890 bits per heavy atom. The quantitative estimate of drug-likeness (QED) is 0.0436. The van der Waals surface area contributed by atoms with Gasteiger partial charge in [0.25, 0.3) is 0 Å². The molecule has 0 radical (unpaired) electrons. The maximum atomic E-state index is 14.1. The number of benzene rings is 4. The summed E-state index contributed by atoms with van der Waals surface area (Å²) in [6.45, 7) is 10.2. The summed E-state index contributed by atoms with van der Waals surface area (Å²) < 4.78 is 43.1. The van der Waals surface area contributed by atoms with Crippen LogP contribution in [0.5, 0.6) is 17.2 Å². The molecule has 7 rings (SSSR count). The number of hydrogen-bond acceptors (Lipinski definition) is 12. The summed E-state index contributed by atoms with van der Waals surface area (Å²) in [6.07, 6.45) is 2.61. The molecule has 0 spiro atoms.